The van der Waals surface area contributed by atoms with Crippen LogP contribution in [0.3, 0.4) is 0 Å². The molecular formula is C6H6F3NS. The average Bonchev–Trinajstić information content (AvgIpc) is 2.32. The quantitative estimate of drug-likeness (QED) is 0.690. The van der Waals surface area contributed by atoms with Crippen LogP contribution in [-0.4, -0.2) is 6.30 Å². The van der Waals surface area contributed by atoms with Crippen LogP contribution in [0.25, 0.3) is 0 Å². The summed E-state index contributed by atoms with van der Waals surface area (Å²) in [6.07, 6.45) is -4.27. The zero-order valence-corrected chi connectivity index (χ0v) is 6.30. The first kappa shape index (κ1) is 8.55. The monoisotopic (exact) mass is 181 g/mol. The van der Waals surface area contributed by atoms with Crippen LogP contribution < -0.4 is 5.32 Å². The first-order chi connectivity index (χ1) is 5.08. The van der Waals surface area contributed by atoms with Crippen LogP contribution >= 0.6 is 11.3 Å². The zero-order chi connectivity index (χ0) is 8.32. The second-order valence-corrected chi connectivity index (χ2v) is 2.96. The summed E-state index contributed by atoms with van der Waals surface area (Å²) in [4.78, 5) is 0.683. The normalized spacial score (nSPS) is 11.9. The fourth-order valence-electron chi connectivity index (χ4n) is 0.601. The molecule has 0 amide bonds. The SMILES string of the molecule is FC(F)(F)NCc1cccs1. The molecule has 0 unspecified atom stereocenters. The lowest BCUT2D eigenvalue weighted by molar-refractivity contribution is -0.158. The summed E-state index contributed by atoms with van der Waals surface area (Å²) < 4.78 is 34.6. The molecule has 0 bridgehead atoms. The molecule has 0 fully saturated rings. The molecule has 0 atom stereocenters. The van der Waals surface area contributed by atoms with Gasteiger partial charge in [-0.05, 0) is 11.4 Å². The highest BCUT2D eigenvalue weighted by Crippen LogP contribution is 2.13. The Hall–Kier alpha value is -0.550. The average molecular weight is 181 g/mol. The fraction of sp³-hybridized carbons (Fsp3) is 0.333. The molecular weight excluding hydrogens is 175 g/mol. The molecule has 62 valence electrons. The number of alkyl halides is 3. The van der Waals surface area contributed by atoms with Gasteiger partial charge in [-0.3, -0.25) is 0 Å². The molecule has 1 nitrogen and oxygen atoms in total. The van der Waals surface area contributed by atoms with E-state index in [0.717, 1.165) is 0 Å². The van der Waals surface area contributed by atoms with Gasteiger partial charge in [0.05, 0.1) is 0 Å². The Bertz CT molecular complexity index is 204. The van der Waals surface area contributed by atoms with Gasteiger partial charge >= 0.3 is 6.30 Å². The number of hydrogen-bond acceptors (Lipinski definition) is 2. The Morgan fingerprint density at radius 2 is 2.18 bits per heavy atom. The maximum atomic E-state index is 11.5. The van der Waals surface area contributed by atoms with Crippen LogP contribution in [-0.2, 0) is 6.54 Å². The molecule has 0 radical (unpaired) electrons. The standard InChI is InChI=1S/C6H6F3NS/c7-6(8,9)10-4-5-2-1-3-11-5/h1-3,10H,4H2. The van der Waals surface area contributed by atoms with Crippen molar-refractivity contribution in [3.63, 3.8) is 0 Å². The number of rotatable bonds is 2. The Balaban J connectivity index is 2.35. The summed E-state index contributed by atoms with van der Waals surface area (Å²) in [6, 6.07) is 3.38. The molecule has 0 aromatic carbocycles. The van der Waals surface area contributed by atoms with Gasteiger partial charge in [-0.15, -0.1) is 11.3 Å². The predicted octanol–water partition coefficient (Wildman–Crippen LogP) is 2.36. The van der Waals surface area contributed by atoms with Gasteiger partial charge in [0.25, 0.3) is 0 Å². The van der Waals surface area contributed by atoms with E-state index in [4.69, 9.17) is 0 Å². The molecule has 1 rings (SSSR count). The first-order valence-electron chi connectivity index (χ1n) is 2.92. The van der Waals surface area contributed by atoms with Crippen molar-refractivity contribution < 1.29 is 13.2 Å². The summed E-state index contributed by atoms with van der Waals surface area (Å²) in [5.74, 6) is 0. The molecule has 1 heterocycles. The minimum Gasteiger partial charge on any atom is -0.223 e. The van der Waals surface area contributed by atoms with Gasteiger partial charge in [-0.2, -0.15) is 13.2 Å². The van der Waals surface area contributed by atoms with E-state index in [9.17, 15) is 13.2 Å². The van der Waals surface area contributed by atoms with Crippen molar-refractivity contribution in [2.75, 3.05) is 0 Å². The van der Waals surface area contributed by atoms with Crippen LogP contribution in [0.2, 0.25) is 0 Å². The number of thiophene rings is 1. The first-order valence-corrected chi connectivity index (χ1v) is 3.80. The zero-order valence-electron chi connectivity index (χ0n) is 5.48. The van der Waals surface area contributed by atoms with Crippen LogP contribution in [0.5, 0.6) is 0 Å². The van der Waals surface area contributed by atoms with E-state index >= 15 is 0 Å². The van der Waals surface area contributed by atoms with Crippen LogP contribution in [0.1, 0.15) is 4.88 Å². The van der Waals surface area contributed by atoms with Gasteiger partial charge in [0.15, 0.2) is 0 Å². The van der Waals surface area contributed by atoms with Crippen molar-refractivity contribution in [2.45, 2.75) is 12.8 Å². The molecule has 1 N–H and O–H groups in total. The largest absolute Gasteiger partial charge is 0.457 e. The molecule has 5 heteroatoms. The summed E-state index contributed by atoms with van der Waals surface area (Å²) in [7, 11) is 0. The van der Waals surface area contributed by atoms with Gasteiger partial charge < -0.3 is 0 Å². The number of halogens is 3. The Kier molecular flexibility index (Phi) is 2.51. The highest BCUT2D eigenvalue weighted by Gasteiger charge is 2.25. The van der Waals surface area contributed by atoms with Gasteiger partial charge in [0.2, 0.25) is 0 Å². The van der Waals surface area contributed by atoms with Crippen molar-refractivity contribution in [3.8, 4) is 0 Å². The minimum absolute atomic E-state index is 0.138. The predicted molar refractivity (Wildman–Crippen MR) is 37.2 cm³/mol. The topological polar surface area (TPSA) is 12.0 Å². The van der Waals surface area contributed by atoms with Gasteiger partial charge in [0, 0.05) is 11.4 Å². The smallest absolute Gasteiger partial charge is 0.223 e. The second-order valence-electron chi connectivity index (χ2n) is 1.93. The third kappa shape index (κ3) is 3.38. The van der Waals surface area contributed by atoms with E-state index in [-0.39, 0.29) is 6.54 Å². The van der Waals surface area contributed by atoms with Gasteiger partial charge in [-0.1, -0.05) is 6.07 Å². The minimum atomic E-state index is -4.27. The molecule has 0 aliphatic rings. The number of nitrogens with one attached hydrogen (secondary N) is 1. The molecule has 0 saturated carbocycles. The van der Waals surface area contributed by atoms with E-state index in [2.05, 4.69) is 0 Å². The molecule has 0 saturated heterocycles. The molecule has 11 heavy (non-hydrogen) atoms. The molecule has 0 spiro atoms. The Morgan fingerprint density at radius 1 is 1.45 bits per heavy atom. The lowest BCUT2D eigenvalue weighted by atomic mass is 10.5. The van der Waals surface area contributed by atoms with Crippen molar-refractivity contribution in [3.05, 3.63) is 22.4 Å². The van der Waals surface area contributed by atoms with Gasteiger partial charge in [0.1, 0.15) is 0 Å². The molecule has 0 aliphatic heterocycles. The second kappa shape index (κ2) is 3.23. The maximum Gasteiger partial charge on any atom is 0.457 e. The van der Waals surface area contributed by atoms with Crippen LogP contribution in [0.15, 0.2) is 17.5 Å². The summed E-state index contributed by atoms with van der Waals surface area (Å²) in [5, 5.41) is 3.18. The lowest BCUT2D eigenvalue weighted by Crippen LogP contribution is -2.30. The van der Waals surface area contributed by atoms with E-state index in [1.54, 1.807) is 17.5 Å². The summed E-state index contributed by atoms with van der Waals surface area (Å²) in [6.45, 7) is -0.138. The third-order valence-electron chi connectivity index (χ3n) is 1.04. The van der Waals surface area contributed by atoms with E-state index < -0.39 is 6.30 Å². The van der Waals surface area contributed by atoms with Crippen molar-refractivity contribution in [2.24, 2.45) is 0 Å². The highest BCUT2D eigenvalue weighted by molar-refractivity contribution is 7.09. The van der Waals surface area contributed by atoms with Crippen LogP contribution in [0.4, 0.5) is 13.2 Å². The Morgan fingerprint density at radius 3 is 2.64 bits per heavy atom. The van der Waals surface area contributed by atoms with Crippen molar-refractivity contribution >= 4 is 11.3 Å². The van der Waals surface area contributed by atoms with Crippen molar-refractivity contribution in [1.82, 2.24) is 5.32 Å². The van der Waals surface area contributed by atoms with E-state index in [0.29, 0.717) is 4.88 Å². The maximum absolute atomic E-state index is 11.5. The van der Waals surface area contributed by atoms with E-state index in [1.165, 1.54) is 16.7 Å². The van der Waals surface area contributed by atoms with Crippen molar-refractivity contribution in [1.29, 1.82) is 0 Å². The molecule has 1 aromatic rings. The fourth-order valence-corrected chi connectivity index (χ4v) is 1.25. The number of hydrogen-bond donors (Lipinski definition) is 1. The molecule has 0 aliphatic carbocycles. The van der Waals surface area contributed by atoms with E-state index in [1.807, 2.05) is 0 Å². The summed E-state index contributed by atoms with van der Waals surface area (Å²) >= 11 is 1.30. The summed E-state index contributed by atoms with van der Waals surface area (Å²) in [5.41, 5.74) is 0. The lowest BCUT2D eigenvalue weighted by Gasteiger charge is -2.05. The van der Waals surface area contributed by atoms with Gasteiger partial charge in [-0.25, -0.2) is 5.32 Å². The highest BCUT2D eigenvalue weighted by atomic mass is 32.1. The Labute approximate surface area is 65.8 Å². The van der Waals surface area contributed by atoms with Crippen LogP contribution in [0, 0.1) is 0 Å². The molecule has 1 aromatic heterocycles. The third-order valence-corrected chi connectivity index (χ3v) is 1.92.